The molecule has 1 aromatic heterocycles. The molecule has 0 spiro atoms. The van der Waals surface area contributed by atoms with E-state index in [1.165, 1.54) is 22.9 Å². The minimum atomic E-state index is -0.371. The predicted molar refractivity (Wildman–Crippen MR) is 67.4 cm³/mol. The molecule has 0 saturated carbocycles. The molecule has 18 heavy (non-hydrogen) atoms. The number of anilines is 1. The van der Waals surface area contributed by atoms with Gasteiger partial charge in [-0.15, -0.1) is 0 Å². The van der Waals surface area contributed by atoms with Crippen LogP contribution in [0.5, 0.6) is 5.75 Å². The van der Waals surface area contributed by atoms with E-state index in [1.54, 1.807) is 30.3 Å². The lowest BCUT2D eigenvalue weighted by atomic mass is 10.3. The number of benzene rings is 1. The Morgan fingerprint density at radius 1 is 1.17 bits per heavy atom. The molecular weight excluding hydrogens is 232 g/mol. The van der Waals surface area contributed by atoms with Crippen LogP contribution in [0.3, 0.4) is 0 Å². The number of hydrogen-bond acceptors (Lipinski definition) is 3. The summed E-state index contributed by atoms with van der Waals surface area (Å²) in [6.45, 7) is -0.0893. The van der Waals surface area contributed by atoms with Crippen LogP contribution in [0.15, 0.2) is 53.5 Å². The van der Waals surface area contributed by atoms with E-state index in [2.05, 4.69) is 5.32 Å². The number of pyridine rings is 1. The topological polar surface area (TPSA) is 71.3 Å². The van der Waals surface area contributed by atoms with E-state index < -0.39 is 0 Å². The second-order valence-corrected chi connectivity index (χ2v) is 3.73. The van der Waals surface area contributed by atoms with Crippen molar-refractivity contribution in [3.63, 3.8) is 0 Å². The van der Waals surface area contributed by atoms with Gasteiger partial charge in [-0.25, -0.2) is 0 Å². The lowest BCUT2D eigenvalue weighted by Crippen LogP contribution is -2.26. The number of carbonyl (C=O) groups excluding carboxylic acids is 1. The van der Waals surface area contributed by atoms with Gasteiger partial charge in [0.25, 0.3) is 5.56 Å². The third-order valence-corrected chi connectivity index (χ3v) is 2.39. The van der Waals surface area contributed by atoms with Crippen molar-refractivity contribution in [2.24, 2.45) is 0 Å². The average molecular weight is 244 g/mol. The van der Waals surface area contributed by atoms with Crippen molar-refractivity contribution < 1.29 is 9.90 Å². The second-order valence-electron chi connectivity index (χ2n) is 3.73. The first-order valence-corrected chi connectivity index (χ1v) is 5.40. The van der Waals surface area contributed by atoms with Crippen LogP contribution in [0.4, 0.5) is 5.69 Å². The monoisotopic (exact) mass is 244 g/mol. The molecule has 2 rings (SSSR count). The van der Waals surface area contributed by atoms with Crippen LogP contribution in [0.1, 0.15) is 0 Å². The number of aromatic nitrogens is 1. The van der Waals surface area contributed by atoms with Gasteiger partial charge in [0.15, 0.2) is 0 Å². The Kier molecular flexibility index (Phi) is 3.43. The van der Waals surface area contributed by atoms with Crippen molar-refractivity contribution in [2.45, 2.75) is 6.54 Å². The number of para-hydroxylation sites is 2. The highest BCUT2D eigenvalue weighted by atomic mass is 16.3. The van der Waals surface area contributed by atoms with Gasteiger partial charge in [0.2, 0.25) is 5.91 Å². The summed E-state index contributed by atoms with van der Waals surface area (Å²) in [4.78, 5) is 23.1. The van der Waals surface area contributed by atoms with Crippen LogP contribution < -0.4 is 10.9 Å². The minimum absolute atomic E-state index is 0.00809. The molecule has 0 atom stereocenters. The first kappa shape index (κ1) is 11.9. The zero-order valence-electron chi connectivity index (χ0n) is 9.54. The van der Waals surface area contributed by atoms with E-state index in [4.69, 9.17) is 0 Å². The summed E-state index contributed by atoms with van der Waals surface area (Å²) in [7, 11) is 0. The highest BCUT2D eigenvalue weighted by molar-refractivity contribution is 5.91. The number of nitrogens with zero attached hydrogens (tertiary/aromatic N) is 1. The lowest BCUT2D eigenvalue weighted by molar-refractivity contribution is -0.116. The number of nitrogens with one attached hydrogen (secondary N) is 1. The molecule has 1 heterocycles. The van der Waals surface area contributed by atoms with E-state index in [1.807, 2.05) is 0 Å². The number of rotatable bonds is 3. The van der Waals surface area contributed by atoms with Crippen LogP contribution >= 0.6 is 0 Å². The molecule has 0 aliphatic carbocycles. The number of carbonyl (C=O) groups is 1. The normalized spacial score (nSPS) is 10.0. The SMILES string of the molecule is O=C(Cn1ccccc1=O)Nc1ccccc1O. The summed E-state index contributed by atoms with van der Waals surface area (Å²) in [5.41, 5.74) is 0.0800. The Morgan fingerprint density at radius 2 is 1.89 bits per heavy atom. The summed E-state index contributed by atoms with van der Waals surface area (Å²) in [6, 6.07) is 11.1. The molecule has 0 radical (unpaired) electrons. The van der Waals surface area contributed by atoms with Gasteiger partial charge in [0, 0.05) is 12.3 Å². The predicted octanol–water partition coefficient (Wildman–Crippen LogP) is 1.19. The number of phenolic OH excluding ortho intramolecular Hbond substituents is 1. The number of amides is 1. The summed E-state index contributed by atoms with van der Waals surface area (Å²) in [5, 5.41) is 12.0. The molecule has 1 aromatic carbocycles. The molecule has 5 nitrogen and oxygen atoms in total. The van der Waals surface area contributed by atoms with E-state index in [0.29, 0.717) is 5.69 Å². The molecule has 0 unspecified atom stereocenters. The van der Waals surface area contributed by atoms with Gasteiger partial charge in [-0.2, -0.15) is 0 Å². The van der Waals surface area contributed by atoms with E-state index in [0.717, 1.165) is 0 Å². The molecule has 1 amide bonds. The van der Waals surface area contributed by atoms with Crippen molar-refractivity contribution in [3.05, 3.63) is 59.0 Å². The van der Waals surface area contributed by atoms with Gasteiger partial charge in [0.1, 0.15) is 12.3 Å². The zero-order valence-corrected chi connectivity index (χ0v) is 9.54. The quantitative estimate of drug-likeness (QED) is 0.797. The fraction of sp³-hybridized carbons (Fsp3) is 0.0769. The van der Waals surface area contributed by atoms with Crippen LogP contribution in [0.25, 0.3) is 0 Å². The molecule has 2 aromatic rings. The molecule has 0 fully saturated rings. The number of hydrogen-bond donors (Lipinski definition) is 2. The highest BCUT2D eigenvalue weighted by Crippen LogP contribution is 2.21. The Morgan fingerprint density at radius 3 is 2.61 bits per heavy atom. The third-order valence-electron chi connectivity index (χ3n) is 2.39. The van der Waals surface area contributed by atoms with E-state index in [9.17, 15) is 14.7 Å². The van der Waals surface area contributed by atoms with Gasteiger partial charge in [-0.1, -0.05) is 18.2 Å². The van der Waals surface area contributed by atoms with Crippen LogP contribution in [-0.4, -0.2) is 15.6 Å². The zero-order chi connectivity index (χ0) is 13.0. The van der Waals surface area contributed by atoms with Crippen molar-refractivity contribution in [3.8, 4) is 5.75 Å². The fourth-order valence-corrected chi connectivity index (χ4v) is 1.52. The maximum Gasteiger partial charge on any atom is 0.250 e. The third kappa shape index (κ3) is 2.76. The molecular formula is C13H12N2O3. The maximum absolute atomic E-state index is 11.7. The van der Waals surface area contributed by atoms with Crippen molar-refractivity contribution in [1.29, 1.82) is 0 Å². The molecule has 92 valence electrons. The second kappa shape index (κ2) is 5.18. The Labute approximate surface area is 103 Å². The van der Waals surface area contributed by atoms with Crippen molar-refractivity contribution in [1.82, 2.24) is 4.57 Å². The van der Waals surface area contributed by atoms with Crippen LogP contribution in [0.2, 0.25) is 0 Å². The van der Waals surface area contributed by atoms with Crippen LogP contribution in [0, 0.1) is 0 Å². The average Bonchev–Trinajstić information content (AvgIpc) is 2.35. The Hall–Kier alpha value is -2.56. The molecule has 0 saturated heterocycles. The Bertz CT molecular complexity index is 619. The first-order chi connectivity index (χ1) is 8.66. The summed E-state index contributed by atoms with van der Waals surface area (Å²) >= 11 is 0. The number of phenols is 1. The summed E-state index contributed by atoms with van der Waals surface area (Å²) < 4.78 is 1.29. The van der Waals surface area contributed by atoms with Crippen molar-refractivity contribution >= 4 is 11.6 Å². The molecule has 2 N–H and O–H groups in total. The van der Waals surface area contributed by atoms with E-state index >= 15 is 0 Å². The molecule has 0 aliphatic heterocycles. The lowest BCUT2D eigenvalue weighted by Gasteiger charge is -2.08. The van der Waals surface area contributed by atoms with Gasteiger partial charge in [-0.05, 0) is 18.2 Å². The Balaban J connectivity index is 2.09. The van der Waals surface area contributed by atoms with Crippen LogP contribution in [-0.2, 0) is 11.3 Å². The van der Waals surface area contributed by atoms with Crippen molar-refractivity contribution in [2.75, 3.05) is 5.32 Å². The molecule has 0 aliphatic rings. The summed E-state index contributed by atoms with van der Waals surface area (Å²) in [6.07, 6.45) is 1.53. The highest BCUT2D eigenvalue weighted by Gasteiger charge is 2.06. The minimum Gasteiger partial charge on any atom is -0.506 e. The summed E-state index contributed by atoms with van der Waals surface area (Å²) in [5.74, 6) is -0.379. The largest absolute Gasteiger partial charge is 0.506 e. The smallest absolute Gasteiger partial charge is 0.250 e. The van der Waals surface area contributed by atoms with Gasteiger partial charge in [-0.3, -0.25) is 9.59 Å². The van der Waals surface area contributed by atoms with Gasteiger partial charge >= 0.3 is 0 Å². The van der Waals surface area contributed by atoms with E-state index in [-0.39, 0.29) is 23.8 Å². The molecule has 0 bridgehead atoms. The fourth-order valence-electron chi connectivity index (χ4n) is 1.52. The maximum atomic E-state index is 11.7. The standard InChI is InChI=1S/C13H12N2O3/c16-11-6-2-1-5-10(11)14-12(17)9-15-8-4-3-7-13(15)18/h1-8,16H,9H2,(H,14,17). The first-order valence-electron chi connectivity index (χ1n) is 5.40. The number of aromatic hydroxyl groups is 1. The van der Waals surface area contributed by atoms with Gasteiger partial charge in [0.05, 0.1) is 5.69 Å². The molecule has 5 heteroatoms. The van der Waals surface area contributed by atoms with Gasteiger partial charge < -0.3 is 15.0 Å².